The van der Waals surface area contributed by atoms with E-state index in [1.165, 1.54) is 16.4 Å². The zero-order chi connectivity index (χ0) is 26.0. The van der Waals surface area contributed by atoms with Gasteiger partial charge >= 0.3 is 18.0 Å². The molecule has 2 heterocycles. The Balaban J connectivity index is 1.70. The van der Waals surface area contributed by atoms with E-state index in [4.69, 9.17) is 5.73 Å². The summed E-state index contributed by atoms with van der Waals surface area (Å²) in [6.45, 7) is 0.856. The molecule has 196 valence electrons. The van der Waals surface area contributed by atoms with E-state index in [2.05, 4.69) is 4.98 Å². The number of aliphatic hydroxyl groups excluding tert-OH is 1. The van der Waals surface area contributed by atoms with Crippen LogP contribution in [0.1, 0.15) is 49.4 Å². The summed E-state index contributed by atoms with van der Waals surface area (Å²) in [5, 5.41) is 10.5. The average molecular weight is 514 g/mol. The normalized spacial score (nSPS) is 28.2. The number of hydrogen-bond donors (Lipinski definition) is 3. The number of H-pyrrole nitrogens is 1. The summed E-state index contributed by atoms with van der Waals surface area (Å²) >= 11 is 0. The number of aromatic amines is 1. The van der Waals surface area contributed by atoms with Crippen LogP contribution in [-0.4, -0.2) is 57.6 Å². The number of nitrogens with one attached hydrogen (secondary N) is 1. The maximum Gasteiger partial charge on any atom is 0.400 e. The molecule has 2 aliphatic carbocycles. The molecule has 1 saturated carbocycles. The van der Waals surface area contributed by atoms with E-state index in [-0.39, 0.29) is 31.4 Å². The first-order valence-corrected chi connectivity index (χ1v) is 11.2. The van der Waals surface area contributed by atoms with Crippen molar-refractivity contribution in [2.45, 2.75) is 56.5 Å². The van der Waals surface area contributed by atoms with Gasteiger partial charge in [-0.3, -0.25) is 19.2 Å². The van der Waals surface area contributed by atoms with Crippen LogP contribution in [0.2, 0.25) is 0 Å². The summed E-state index contributed by atoms with van der Waals surface area (Å²) in [5.41, 5.74) is 3.67. The summed E-state index contributed by atoms with van der Waals surface area (Å²) in [6, 6.07) is -1.55. The molecule has 1 aliphatic heterocycles. The predicted molar refractivity (Wildman–Crippen MR) is 110 cm³/mol. The Labute approximate surface area is 194 Å². The highest BCUT2D eigenvalue weighted by atomic mass is 19.4. The van der Waals surface area contributed by atoms with Gasteiger partial charge in [0.25, 0.3) is 5.56 Å². The molecule has 0 spiro atoms. The third-order valence-corrected chi connectivity index (χ3v) is 7.35. The summed E-state index contributed by atoms with van der Waals surface area (Å²) < 4.78 is 95.7. The lowest BCUT2D eigenvalue weighted by atomic mass is 9.85. The van der Waals surface area contributed by atoms with Gasteiger partial charge in [0.15, 0.2) is 17.5 Å². The highest BCUT2D eigenvalue weighted by Gasteiger charge is 2.58. The number of fused-ring (bicyclic) bond motifs is 1. The second-order valence-corrected chi connectivity index (χ2v) is 9.63. The summed E-state index contributed by atoms with van der Waals surface area (Å²) in [7, 11) is 0. The van der Waals surface area contributed by atoms with Crippen molar-refractivity contribution in [1.29, 1.82) is 0 Å². The number of aliphatic hydroxyl groups is 1. The number of rotatable bonds is 5. The molecule has 14 heteroatoms. The first kappa shape index (κ1) is 25.7. The van der Waals surface area contributed by atoms with Crippen LogP contribution >= 0.6 is 0 Å². The van der Waals surface area contributed by atoms with Crippen LogP contribution in [-0.2, 0) is 0 Å². The van der Waals surface area contributed by atoms with Crippen molar-refractivity contribution >= 4 is 5.76 Å². The van der Waals surface area contributed by atoms with Crippen LogP contribution in [0.25, 0.3) is 5.76 Å². The molecule has 4 unspecified atom stereocenters. The number of nitrogens with two attached hydrogens (primary N) is 1. The first-order valence-electron chi connectivity index (χ1n) is 11.2. The molecule has 7 nitrogen and oxygen atoms in total. The number of alkyl halides is 6. The van der Waals surface area contributed by atoms with Crippen molar-refractivity contribution in [2.24, 2.45) is 23.5 Å². The molecular weight excluding hydrogens is 489 g/mol. The molecule has 1 aromatic rings. The van der Waals surface area contributed by atoms with E-state index in [9.17, 15) is 41.0 Å². The smallest absolute Gasteiger partial charge is 0.400 e. The Morgan fingerprint density at radius 2 is 1.66 bits per heavy atom. The Hall–Kier alpha value is -2.35. The van der Waals surface area contributed by atoms with Crippen LogP contribution in [0.5, 0.6) is 0 Å². The van der Waals surface area contributed by atoms with Gasteiger partial charge in [-0.05, 0) is 37.6 Å². The van der Waals surface area contributed by atoms with Gasteiger partial charge in [-0.15, -0.1) is 0 Å². The lowest BCUT2D eigenvalue weighted by Gasteiger charge is -2.37. The van der Waals surface area contributed by atoms with E-state index >= 15 is 4.39 Å². The minimum absolute atomic E-state index is 0.0985. The van der Waals surface area contributed by atoms with E-state index in [0.29, 0.717) is 12.8 Å². The molecule has 35 heavy (non-hydrogen) atoms. The lowest BCUT2D eigenvalue weighted by molar-refractivity contribution is -0.288. The number of aromatic nitrogens is 2. The Bertz CT molecular complexity index is 1120. The third kappa shape index (κ3) is 4.50. The summed E-state index contributed by atoms with van der Waals surface area (Å²) in [5.74, 6) is -8.48. The maximum absolute atomic E-state index is 15.4. The van der Waals surface area contributed by atoms with Crippen molar-refractivity contribution in [1.82, 2.24) is 14.5 Å². The Morgan fingerprint density at radius 3 is 2.17 bits per heavy atom. The average Bonchev–Trinajstić information content (AvgIpc) is 3.48. The van der Waals surface area contributed by atoms with Gasteiger partial charge < -0.3 is 10.8 Å². The molecule has 1 aromatic heterocycles. The highest BCUT2D eigenvalue weighted by Crippen LogP contribution is 2.48. The lowest BCUT2D eigenvalue weighted by Crippen LogP contribution is -2.46. The summed E-state index contributed by atoms with van der Waals surface area (Å²) in [4.78, 5) is 28.3. The second-order valence-electron chi connectivity index (χ2n) is 9.63. The summed E-state index contributed by atoms with van der Waals surface area (Å²) in [6.07, 6.45) is -11.0. The Morgan fingerprint density at radius 1 is 1.09 bits per heavy atom. The van der Waals surface area contributed by atoms with Crippen LogP contribution in [0.4, 0.5) is 30.7 Å². The number of halogens is 7. The molecule has 0 amide bonds. The van der Waals surface area contributed by atoms with Gasteiger partial charge in [-0.2, -0.15) is 26.3 Å². The fourth-order valence-electron chi connectivity index (χ4n) is 5.53. The zero-order valence-electron chi connectivity index (χ0n) is 18.6. The molecule has 0 aromatic carbocycles. The minimum atomic E-state index is -5.51. The van der Waals surface area contributed by atoms with E-state index in [0.717, 1.165) is 0 Å². The molecule has 4 N–H and O–H groups in total. The first-order chi connectivity index (χ1) is 16.2. The number of nitrogens with zero attached hydrogens (tertiary/aromatic N) is 2. The molecule has 0 radical (unpaired) electrons. The van der Waals surface area contributed by atoms with Gasteiger partial charge in [-0.25, -0.2) is 9.18 Å². The van der Waals surface area contributed by atoms with E-state index in [1.54, 1.807) is 0 Å². The topological polar surface area (TPSA) is 104 Å². The van der Waals surface area contributed by atoms with Gasteiger partial charge in [0.05, 0.1) is 6.04 Å². The quantitative estimate of drug-likeness (QED) is 0.524. The SMILES string of the molecule is CC1c2c(c(=O)[nH]c(=O)n2C2CC2)C(O)=C(F)C1N1CC(CN)C(CC(C(F)(F)F)C(F)(F)F)C1. The maximum atomic E-state index is 15.4. The minimum Gasteiger partial charge on any atom is -0.504 e. The fraction of sp³-hybridized carbons (Fsp3) is 0.714. The van der Waals surface area contributed by atoms with Crippen molar-refractivity contribution < 1.29 is 35.8 Å². The molecule has 4 rings (SSSR count). The van der Waals surface area contributed by atoms with Gasteiger partial charge in [-0.1, -0.05) is 6.92 Å². The van der Waals surface area contributed by atoms with Crippen LogP contribution in [0, 0.1) is 17.8 Å². The van der Waals surface area contributed by atoms with Crippen LogP contribution in [0.3, 0.4) is 0 Å². The van der Waals surface area contributed by atoms with Crippen molar-refractivity contribution in [3.05, 3.63) is 37.9 Å². The largest absolute Gasteiger partial charge is 0.504 e. The molecule has 4 atom stereocenters. The monoisotopic (exact) mass is 514 g/mol. The second kappa shape index (κ2) is 8.64. The molecule has 0 bridgehead atoms. The van der Waals surface area contributed by atoms with Crippen LogP contribution in [0.15, 0.2) is 15.4 Å². The molecule has 1 saturated heterocycles. The standard InChI is InChI=1S/C21H25F7N4O3/c1-8-15-13(18(34)30-19(35)32(15)11-2-3-11)17(33)14(22)16(8)31-6-9(10(5-29)7-31)4-12(20(23,24)25)21(26,27)28/h8-12,16,33H,2-7,29H2,1H3,(H,30,34,35). The van der Waals surface area contributed by atoms with Gasteiger partial charge in [0, 0.05) is 30.7 Å². The van der Waals surface area contributed by atoms with E-state index in [1.807, 2.05) is 0 Å². The van der Waals surface area contributed by atoms with E-state index < -0.39 is 76.9 Å². The Kier molecular flexibility index (Phi) is 6.36. The fourth-order valence-corrected chi connectivity index (χ4v) is 5.53. The van der Waals surface area contributed by atoms with Crippen molar-refractivity contribution in [3.63, 3.8) is 0 Å². The molecular formula is C21H25F7N4O3. The van der Waals surface area contributed by atoms with Gasteiger partial charge in [0.1, 0.15) is 5.56 Å². The third-order valence-electron chi connectivity index (χ3n) is 7.35. The van der Waals surface area contributed by atoms with Gasteiger partial charge in [0.2, 0.25) is 0 Å². The van der Waals surface area contributed by atoms with Crippen molar-refractivity contribution in [3.8, 4) is 0 Å². The number of likely N-dealkylation sites (tertiary alicyclic amines) is 1. The molecule has 3 aliphatic rings. The predicted octanol–water partition coefficient (Wildman–Crippen LogP) is 3.19. The van der Waals surface area contributed by atoms with Crippen molar-refractivity contribution in [2.75, 3.05) is 19.6 Å². The zero-order valence-corrected chi connectivity index (χ0v) is 18.6. The van der Waals surface area contributed by atoms with Crippen LogP contribution < -0.4 is 17.0 Å². The molecule has 2 fully saturated rings. The number of hydrogen-bond acceptors (Lipinski definition) is 5. The highest BCUT2D eigenvalue weighted by molar-refractivity contribution is 5.66.